The van der Waals surface area contributed by atoms with Gasteiger partial charge in [0.2, 0.25) is 5.95 Å². The van der Waals surface area contributed by atoms with Crippen LogP contribution in [0.5, 0.6) is 11.5 Å². The molecule has 4 N–H and O–H groups in total. The lowest BCUT2D eigenvalue weighted by atomic mass is 10.1. The third-order valence-corrected chi connectivity index (χ3v) is 2.76. The molecule has 0 saturated carbocycles. The highest BCUT2D eigenvalue weighted by molar-refractivity contribution is 5.76. The predicted octanol–water partition coefficient (Wildman–Crippen LogP) is 1.11. The molecule has 0 aliphatic heterocycles. The Morgan fingerprint density at radius 3 is 2.59 bits per heavy atom. The van der Waals surface area contributed by atoms with Crippen LogP contribution in [0.25, 0.3) is 11.3 Å². The highest BCUT2D eigenvalue weighted by atomic mass is 16.6. The number of esters is 1. The SMILES string of the molecule is COc1cc(-c2nc(N)nc(N)c2C#N)ccc1OC(C)=O. The van der Waals surface area contributed by atoms with E-state index in [2.05, 4.69) is 9.97 Å². The zero-order chi connectivity index (χ0) is 16.3. The molecule has 0 spiro atoms. The van der Waals surface area contributed by atoms with Gasteiger partial charge < -0.3 is 20.9 Å². The lowest BCUT2D eigenvalue weighted by molar-refractivity contribution is -0.132. The Morgan fingerprint density at radius 2 is 2.00 bits per heavy atom. The molecule has 1 heterocycles. The summed E-state index contributed by atoms with van der Waals surface area (Å²) in [6.45, 7) is 1.28. The zero-order valence-corrected chi connectivity index (χ0v) is 12.0. The maximum Gasteiger partial charge on any atom is 0.308 e. The third kappa shape index (κ3) is 2.88. The fourth-order valence-corrected chi connectivity index (χ4v) is 1.87. The third-order valence-electron chi connectivity index (χ3n) is 2.76. The summed E-state index contributed by atoms with van der Waals surface area (Å²) in [5.41, 5.74) is 12.2. The van der Waals surface area contributed by atoms with Crippen molar-refractivity contribution in [3.05, 3.63) is 23.8 Å². The second kappa shape index (κ2) is 5.97. The maximum absolute atomic E-state index is 11.1. The monoisotopic (exact) mass is 299 g/mol. The molecular weight excluding hydrogens is 286 g/mol. The van der Waals surface area contributed by atoms with Crippen LogP contribution < -0.4 is 20.9 Å². The van der Waals surface area contributed by atoms with Gasteiger partial charge in [0.1, 0.15) is 17.5 Å². The number of nitrogens with two attached hydrogens (primary N) is 2. The van der Waals surface area contributed by atoms with Gasteiger partial charge in [-0.1, -0.05) is 0 Å². The Kier molecular flexibility index (Phi) is 4.08. The van der Waals surface area contributed by atoms with Crippen LogP contribution in [0.2, 0.25) is 0 Å². The first-order chi connectivity index (χ1) is 10.5. The fraction of sp³-hybridized carbons (Fsp3) is 0.143. The Hall–Kier alpha value is -3.34. The van der Waals surface area contributed by atoms with E-state index in [0.29, 0.717) is 11.3 Å². The molecule has 112 valence electrons. The van der Waals surface area contributed by atoms with E-state index in [1.807, 2.05) is 6.07 Å². The minimum Gasteiger partial charge on any atom is -0.493 e. The molecular formula is C14H13N5O3. The van der Waals surface area contributed by atoms with E-state index in [4.69, 9.17) is 20.9 Å². The van der Waals surface area contributed by atoms with Crippen molar-refractivity contribution in [2.24, 2.45) is 0 Å². The summed E-state index contributed by atoms with van der Waals surface area (Å²) in [6.07, 6.45) is 0. The number of carbonyl (C=O) groups excluding carboxylic acids is 1. The number of nitriles is 1. The second-order valence-electron chi connectivity index (χ2n) is 4.26. The fourth-order valence-electron chi connectivity index (χ4n) is 1.87. The van der Waals surface area contributed by atoms with Crippen LogP contribution in [-0.4, -0.2) is 23.0 Å². The Balaban J connectivity index is 2.60. The summed E-state index contributed by atoms with van der Waals surface area (Å²) in [5, 5.41) is 9.20. The van der Waals surface area contributed by atoms with Gasteiger partial charge in [0.15, 0.2) is 11.5 Å². The minimum absolute atomic E-state index is 0.00645. The molecule has 0 aliphatic carbocycles. The highest BCUT2D eigenvalue weighted by Gasteiger charge is 2.16. The number of rotatable bonds is 3. The topological polar surface area (TPSA) is 137 Å². The average Bonchev–Trinajstić information content (AvgIpc) is 2.46. The molecule has 1 aromatic carbocycles. The number of anilines is 2. The van der Waals surface area contributed by atoms with Crippen molar-refractivity contribution in [3.8, 4) is 28.8 Å². The standard InChI is InChI=1S/C14H13N5O3/c1-7(20)22-10-4-3-8(5-11(10)21-2)12-9(6-15)13(16)19-14(17)18-12/h3-5H,1-2H3,(H4,16,17,18,19). The van der Waals surface area contributed by atoms with E-state index < -0.39 is 5.97 Å². The van der Waals surface area contributed by atoms with Gasteiger partial charge in [-0.25, -0.2) is 4.98 Å². The maximum atomic E-state index is 11.1. The van der Waals surface area contributed by atoms with Crippen molar-refractivity contribution in [1.29, 1.82) is 5.26 Å². The van der Waals surface area contributed by atoms with E-state index in [9.17, 15) is 10.1 Å². The minimum atomic E-state index is -0.473. The van der Waals surface area contributed by atoms with E-state index in [1.54, 1.807) is 12.1 Å². The summed E-state index contributed by atoms with van der Waals surface area (Å²) in [6, 6.07) is 6.66. The van der Waals surface area contributed by atoms with E-state index in [-0.39, 0.29) is 28.8 Å². The van der Waals surface area contributed by atoms with Gasteiger partial charge in [0, 0.05) is 12.5 Å². The smallest absolute Gasteiger partial charge is 0.308 e. The van der Waals surface area contributed by atoms with Gasteiger partial charge in [-0.2, -0.15) is 10.2 Å². The average molecular weight is 299 g/mol. The number of hydrogen-bond donors (Lipinski definition) is 2. The van der Waals surface area contributed by atoms with Gasteiger partial charge in [-0.3, -0.25) is 4.79 Å². The molecule has 0 fully saturated rings. The summed E-state index contributed by atoms with van der Waals surface area (Å²) in [7, 11) is 1.43. The predicted molar refractivity (Wildman–Crippen MR) is 78.9 cm³/mol. The van der Waals surface area contributed by atoms with E-state index in [1.165, 1.54) is 20.1 Å². The highest BCUT2D eigenvalue weighted by Crippen LogP contribution is 2.34. The summed E-state index contributed by atoms with van der Waals surface area (Å²) in [5.74, 6) is 0.0430. The van der Waals surface area contributed by atoms with Crippen LogP contribution in [-0.2, 0) is 4.79 Å². The van der Waals surface area contributed by atoms with Crippen LogP contribution >= 0.6 is 0 Å². The number of nitrogen functional groups attached to an aromatic ring is 2. The Morgan fingerprint density at radius 1 is 1.27 bits per heavy atom. The molecule has 0 atom stereocenters. The molecule has 0 bridgehead atoms. The van der Waals surface area contributed by atoms with Crippen LogP contribution in [0.4, 0.5) is 11.8 Å². The molecule has 1 aromatic heterocycles. The zero-order valence-electron chi connectivity index (χ0n) is 12.0. The number of nitrogens with zero attached hydrogens (tertiary/aromatic N) is 3. The first kappa shape index (κ1) is 15.1. The van der Waals surface area contributed by atoms with Gasteiger partial charge >= 0.3 is 5.97 Å². The molecule has 0 saturated heterocycles. The Labute approximate surface area is 126 Å². The normalized spacial score (nSPS) is 9.86. The van der Waals surface area contributed by atoms with Crippen molar-refractivity contribution < 1.29 is 14.3 Å². The van der Waals surface area contributed by atoms with E-state index in [0.717, 1.165) is 0 Å². The largest absolute Gasteiger partial charge is 0.493 e. The number of ether oxygens (including phenoxy) is 2. The van der Waals surface area contributed by atoms with Gasteiger partial charge in [0.25, 0.3) is 0 Å². The lowest BCUT2D eigenvalue weighted by Gasteiger charge is -2.11. The van der Waals surface area contributed by atoms with Crippen LogP contribution in [0.3, 0.4) is 0 Å². The number of hydrogen-bond acceptors (Lipinski definition) is 8. The van der Waals surface area contributed by atoms with Crippen LogP contribution in [0.1, 0.15) is 12.5 Å². The molecule has 8 nitrogen and oxygen atoms in total. The summed E-state index contributed by atoms with van der Waals surface area (Å²) in [4.78, 5) is 18.8. The van der Waals surface area contributed by atoms with Crippen LogP contribution in [0.15, 0.2) is 18.2 Å². The number of benzene rings is 1. The number of methoxy groups -OCH3 is 1. The Bertz CT molecular complexity index is 783. The molecule has 0 aliphatic rings. The summed E-state index contributed by atoms with van der Waals surface area (Å²) < 4.78 is 10.2. The van der Waals surface area contributed by atoms with Crippen molar-refractivity contribution in [1.82, 2.24) is 9.97 Å². The van der Waals surface area contributed by atoms with Gasteiger partial charge in [0.05, 0.1) is 12.8 Å². The molecule has 0 unspecified atom stereocenters. The molecule has 8 heteroatoms. The second-order valence-corrected chi connectivity index (χ2v) is 4.26. The van der Waals surface area contributed by atoms with Gasteiger partial charge in [-0.05, 0) is 18.2 Å². The molecule has 0 amide bonds. The first-order valence-corrected chi connectivity index (χ1v) is 6.16. The number of carbonyl (C=O) groups is 1. The quantitative estimate of drug-likeness (QED) is 0.635. The summed E-state index contributed by atoms with van der Waals surface area (Å²) >= 11 is 0. The van der Waals surface area contributed by atoms with Crippen molar-refractivity contribution in [3.63, 3.8) is 0 Å². The van der Waals surface area contributed by atoms with E-state index >= 15 is 0 Å². The van der Waals surface area contributed by atoms with Crippen molar-refractivity contribution in [2.45, 2.75) is 6.92 Å². The number of aromatic nitrogens is 2. The first-order valence-electron chi connectivity index (χ1n) is 6.16. The van der Waals surface area contributed by atoms with Crippen molar-refractivity contribution in [2.75, 3.05) is 18.6 Å². The molecule has 0 radical (unpaired) electrons. The van der Waals surface area contributed by atoms with Gasteiger partial charge in [-0.15, -0.1) is 0 Å². The molecule has 22 heavy (non-hydrogen) atoms. The molecule has 2 rings (SSSR count). The van der Waals surface area contributed by atoms with Crippen LogP contribution in [0, 0.1) is 11.3 Å². The molecule has 2 aromatic rings. The lowest BCUT2D eigenvalue weighted by Crippen LogP contribution is -2.06. The van der Waals surface area contributed by atoms with Crippen molar-refractivity contribution >= 4 is 17.7 Å².